The number of rotatable bonds is 5. The van der Waals surface area contributed by atoms with Crippen LogP contribution in [0, 0.1) is 0 Å². The molecule has 0 saturated heterocycles. The predicted octanol–water partition coefficient (Wildman–Crippen LogP) is 12.4. The van der Waals surface area contributed by atoms with Crippen molar-refractivity contribution in [2.75, 3.05) is 0 Å². The van der Waals surface area contributed by atoms with Gasteiger partial charge >= 0.3 is 0 Å². The number of aromatic nitrogens is 3. The van der Waals surface area contributed by atoms with E-state index in [0.29, 0.717) is 17.5 Å². The number of nitrogens with zero attached hydrogens (tertiary/aromatic N) is 3. The van der Waals surface area contributed by atoms with E-state index in [1.165, 1.54) is 21.5 Å². The monoisotopic (exact) mass is 651 g/mol. The van der Waals surface area contributed by atoms with E-state index in [0.717, 1.165) is 60.9 Å². The smallest absolute Gasteiger partial charge is 0.164 e. The third-order valence-corrected chi connectivity index (χ3v) is 9.72. The Morgan fingerprint density at radius 3 is 1.65 bits per heavy atom. The van der Waals surface area contributed by atoms with Crippen molar-refractivity contribution in [3.63, 3.8) is 0 Å². The number of benzene rings is 8. The first-order valence-electron chi connectivity index (χ1n) is 17.1. The molecule has 0 aliphatic heterocycles. The van der Waals surface area contributed by atoms with Crippen LogP contribution >= 0.6 is 0 Å². The number of fused-ring (bicyclic) bond motifs is 6. The maximum atomic E-state index is 6.44. The molecule has 238 valence electrons. The van der Waals surface area contributed by atoms with Gasteiger partial charge in [0.05, 0.1) is 0 Å². The second-order valence-corrected chi connectivity index (χ2v) is 12.8. The topological polar surface area (TPSA) is 51.8 Å². The molecule has 2 heterocycles. The third-order valence-electron chi connectivity index (χ3n) is 9.72. The molecule has 2 aromatic heterocycles. The van der Waals surface area contributed by atoms with Gasteiger partial charge in [-0.3, -0.25) is 0 Å². The van der Waals surface area contributed by atoms with E-state index in [2.05, 4.69) is 121 Å². The molecule has 4 heteroatoms. The maximum Gasteiger partial charge on any atom is 0.164 e. The van der Waals surface area contributed by atoms with Crippen LogP contribution in [0.5, 0.6) is 0 Å². The largest absolute Gasteiger partial charge is 0.456 e. The van der Waals surface area contributed by atoms with Crippen LogP contribution in [0.15, 0.2) is 180 Å². The second-order valence-electron chi connectivity index (χ2n) is 12.8. The van der Waals surface area contributed by atoms with Crippen molar-refractivity contribution in [3.8, 4) is 56.4 Å². The summed E-state index contributed by atoms with van der Waals surface area (Å²) in [5.74, 6) is 1.83. The summed E-state index contributed by atoms with van der Waals surface area (Å²) in [6, 6.07) is 61.1. The fraction of sp³-hybridized carbons (Fsp3) is 0. The summed E-state index contributed by atoms with van der Waals surface area (Å²) in [7, 11) is 0. The Balaban J connectivity index is 1.13. The zero-order chi connectivity index (χ0) is 33.7. The average Bonchev–Trinajstić information content (AvgIpc) is 3.59. The Kier molecular flexibility index (Phi) is 6.78. The number of furan rings is 1. The van der Waals surface area contributed by atoms with Crippen molar-refractivity contribution >= 4 is 43.5 Å². The summed E-state index contributed by atoms with van der Waals surface area (Å²) >= 11 is 0. The highest BCUT2D eigenvalue weighted by Crippen LogP contribution is 2.40. The van der Waals surface area contributed by atoms with Gasteiger partial charge in [0, 0.05) is 27.5 Å². The first-order valence-corrected chi connectivity index (χ1v) is 17.1. The number of hydrogen-bond donors (Lipinski definition) is 0. The van der Waals surface area contributed by atoms with Crippen molar-refractivity contribution in [3.05, 3.63) is 176 Å². The fourth-order valence-corrected chi connectivity index (χ4v) is 7.17. The van der Waals surface area contributed by atoms with Crippen LogP contribution < -0.4 is 0 Å². The van der Waals surface area contributed by atoms with Crippen molar-refractivity contribution in [2.24, 2.45) is 0 Å². The first kappa shape index (κ1) is 29.0. The van der Waals surface area contributed by atoms with Gasteiger partial charge in [-0.1, -0.05) is 152 Å². The Bertz CT molecular complexity index is 2900. The van der Waals surface area contributed by atoms with Crippen LogP contribution in [0.2, 0.25) is 0 Å². The molecule has 0 saturated carbocycles. The van der Waals surface area contributed by atoms with Gasteiger partial charge < -0.3 is 4.42 Å². The van der Waals surface area contributed by atoms with Crippen LogP contribution in [0.4, 0.5) is 0 Å². The molecule has 0 radical (unpaired) electrons. The summed E-state index contributed by atoms with van der Waals surface area (Å²) in [6.07, 6.45) is 0. The molecular formula is C47H29N3O. The van der Waals surface area contributed by atoms with Crippen LogP contribution in [-0.2, 0) is 0 Å². The summed E-state index contributed by atoms with van der Waals surface area (Å²) in [5, 5.41) is 7.02. The minimum atomic E-state index is 0.596. The van der Waals surface area contributed by atoms with Gasteiger partial charge in [-0.15, -0.1) is 0 Å². The van der Waals surface area contributed by atoms with E-state index in [1.807, 2.05) is 54.6 Å². The Morgan fingerprint density at radius 2 is 0.863 bits per heavy atom. The molecule has 0 fully saturated rings. The van der Waals surface area contributed by atoms with Crippen LogP contribution in [0.3, 0.4) is 0 Å². The summed E-state index contributed by atoms with van der Waals surface area (Å²) in [6.45, 7) is 0. The zero-order valence-electron chi connectivity index (χ0n) is 27.5. The van der Waals surface area contributed by atoms with E-state index >= 15 is 0 Å². The minimum absolute atomic E-state index is 0.596. The van der Waals surface area contributed by atoms with Gasteiger partial charge in [-0.05, 0) is 68.1 Å². The standard InChI is InChI=1S/C47H29N3O/c1-3-11-30(12-4-1)37-28-41(44-40-17-9-10-18-42(40)51-43(44)29-37)47-49-45(33-14-5-2-6-15-33)48-46(50-47)34-22-19-31(20-23-34)35-25-26-39-36(27-35)24-21-32-13-7-8-16-38(32)39/h1-29H. The van der Waals surface area contributed by atoms with Gasteiger partial charge in [0.25, 0.3) is 0 Å². The lowest BCUT2D eigenvalue weighted by Crippen LogP contribution is -2.00. The van der Waals surface area contributed by atoms with Crippen molar-refractivity contribution in [2.45, 2.75) is 0 Å². The lowest BCUT2D eigenvalue weighted by Gasteiger charge is -2.11. The highest BCUT2D eigenvalue weighted by Gasteiger charge is 2.19. The number of para-hydroxylation sites is 1. The molecule has 0 aliphatic rings. The molecular weight excluding hydrogens is 623 g/mol. The molecule has 0 N–H and O–H groups in total. The van der Waals surface area contributed by atoms with Crippen LogP contribution in [0.1, 0.15) is 0 Å². The highest BCUT2D eigenvalue weighted by atomic mass is 16.3. The zero-order valence-corrected chi connectivity index (χ0v) is 27.5. The molecule has 8 aromatic carbocycles. The lowest BCUT2D eigenvalue weighted by atomic mass is 9.97. The van der Waals surface area contributed by atoms with Crippen LogP contribution in [-0.4, -0.2) is 15.0 Å². The van der Waals surface area contributed by atoms with Crippen LogP contribution in [0.25, 0.3) is 99.9 Å². The molecule has 0 amide bonds. The summed E-state index contributed by atoms with van der Waals surface area (Å²) in [4.78, 5) is 15.3. The van der Waals surface area contributed by atoms with Gasteiger partial charge in [0.2, 0.25) is 0 Å². The van der Waals surface area contributed by atoms with Gasteiger partial charge in [0.15, 0.2) is 17.5 Å². The molecule has 0 spiro atoms. The van der Waals surface area contributed by atoms with Crippen molar-refractivity contribution in [1.29, 1.82) is 0 Å². The first-order chi connectivity index (χ1) is 25.2. The van der Waals surface area contributed by atoms with E-state index in [9.17, 15) is 0 Å². The predicted molar refractivity (Wildman–Crippen MR) is 209 cm³/mol. The molecule has 0 bridgehead atoms. The summed E-state index contributed by atoms with van der Waals surface area (Å²) in [5.41, 5.74) is 8.79. The lowest BCUT2D eigenvalue weighted by molar-refractivity contribution is 0.669. The Hall–Kier alpha value is -6.91. The normalized spacial score (nSPS) is 11.5. The molecule has 0 unspecified atom stereocenters. The van der Waals surface area contributed by atoms with E-state index < -0.39 is 0 Å². The SMILES string of the molecule is c1ccc(-c2cc(-c3nc(-c4ccccc4)nc(-c4ccc(-c5ccc6c(ccc7ccccc76)c5)cc4)n3)c3c(c2)oc2ccccc23)cc1. The van der Waals surface area contributed by atoms with Gasteiger partial charge in [-0.25, -0.2) is 15.0 Å². The maximum absolute atomic E-state index is 6.44. The Labute approximate surface area is 294 Å². The average molecular weight is 652 g/mol. The van der Waals surface area contributed by atoms with Crippen molar-refractivity contribution < 1.29 is 4.42 Å². The second kappa shape index (κ2) is 11.9. The molecule has 10 aromatic rings. The fourth-order valence-electron chi connectivity index (χ4n) is 7.17. The Morgan fingerprint density at radius 1 is 0.314 bits per heavy atom. The van der Waals surface area contributed by atoms with E-state index in [1.54, 1.807) is 0 Å². The highest BCUT2D eigenvalue weighted by molar-refractivity contribution is 6.13. The van der Waals surface area contributed by atoms with Gasteiger partial charge in [-0.2, -0.15) is 0 Å². The van der Waals surface area contributed by atoms with E-state index in [-0.39, 0.29) is 0 Å². The van der Waals surface area contributed by atoms with E-state index in [4.69, 9.17) is 19.4 Å². The number of hydrogen-bond acceptors (Lipinski definition) is 4. The summed E-state index contributed by atoms with van der Waals surface area (Å²) < 4.78 is 6.44. The molecule has 4 nitrogen and oxygen atoms in total. The molecule has 0 atom stereocenters. The molecule has 10 rings (SSSR count). The van der Waals surface area contributed by atoms with Gasteiger partial charge in [0.1, 0.15) is 11.2 Å². The molecule has 0 aliphatic carbocycles. The quantitative estimate of drug-likeness (QED) is 0.174. The molecule has 51 heavy (non-hydrogen) atoms. The van der Waals surface area contributed by atoms with Crippen molar-refractivity contribution in [1.82, 2.24) is 15.0 Å². The minimum Gasteiger partial charge on any atom is -0.456 e. The third kappa shape index (κ3) is 5.13.